The minimum Gasteiger partial charge on any atom is -0.353 e. The van der Waals surface area contributed by atoms with E-state index in [1.807, 2.05) is 27.7 Å². The minimum absolute atomic E-state index is 0. The minimum atomic E-state index is -0.436. The van der Waals surface area contributed by atoms with E-state index in [2.05, 4.69) is 22.2 Å². The lowest BCUT2D eigenvalue weighted by atomic mass is 10.1. The highest BCUT2D eigenvalue weighted by Gasteiger charge is 2.17. The summed E-state index contributed by atoms with van der Waals surface area (Å²) in [7, 11) is 1.78. The van der Waals surface area contributed by atoms with Crippen molar-refractivity contribution in [2.75, 3.05) is 20.1 Å². The average Bonchev–Trinajstić information content (AvgIpc) is 2.52. The van der Waals surface area contributed by atoms with E-state index in [4.69, 9.17) is 0 Å². The molecule has 0 aliphatic heterocycles. The first-order valence-electron chi connectivity index (χ1n) is 8.66. The number of aliphatic imine (C=N–C) groups is 1. The molecule has 28 heavy (non-hydrogen) atoms. The Kier molecular flexibility index (Phi) is 10.7. The Morgan fingerprint density at radius 3 is 2.32 bits per heavy atom. The fourth-order valence-electron chi connectivity index (χ4n) is 2.18. The summed E-state index contributed by atoms with van der Waals surface area (Å²) in [6, 6.07) is 6.24. The van der Waals surface area contributed by atoms with Gasteiger partial charge in [-0.15, -0.1) is 24.0 Å². The van der Waals surface area contributed by atoms with Crippen molar-refractivity contribution in [1.29, 1.82) is 0 Å². The number of non-ortho nitro benzene ring substituents is 1. The lowest BCUT2D eigenvalue weighted by Crippen LogP contribution is -2.49. The van der Waals surface area contributed by atoms with Crippen molar-refractivity contribution in [1.82, 2.24) is 15.5 Å². The molecule has 0 unspecified atom stereocenters. The van der Waals surface area contributed by atoms with Gasteiger partial charge < -0.3 is 15.5 Å². The number of nitrogens with zero attached hydrogens (tertiary/aromatic N) is 3. The van der Waals surface area contributed by atoms with Gasteiger partial charge >= 0.3 is 0 Å². The largest absolute Gasteiger partial charge is 0.353 e. The lowest BCUT2D eigenvalue weighted by molar-refractivity contribution is -0.384. The Bertz CT molecular complexity index is 711. The van der Waals surface area contributed by atoms with Crippen LogP contribution in [0.25, 0.3) is 0 Å². The molecule has 0 saturated carbocycles. The van der Waals surface area contributed by atoms with Gasteiger partial charge in [-0.2, -0.15) is 0 Å². The van der Waals surface area contributed by atoms with E-state index in [1.165, 1.54) is 12.1 Å². The third kappa shape index (κ3) is 10.2. The van der Waals surface area contributed by atoms with Crippen LogP contribution < -0.4 is 10.6 Å². The molecule has 1 aromatic carbocycles. The number of carbonyl (C=O) groups is 1. The van der Waals surface area contributed by atoms with Gasteiger partial charge in [0.2, 0.25) is 5.91 Å². The number of nitro groups is 1. The van der Waals surface area contributed by atoms with Gasteiger partial charge in [-0.25, -0.2) is 4.99 Å². The second kappa shape index (κ2) is 11.6. The molecule has 0 radical (unpaired) electrons. The standard InChI is InChI=1S/C19H29N5O3.HI/c1-14(2)11-20-18(23(6)13-17(25)22-19(3,4)5)21-12-15-7-9-16(10-8-15)24(26)27;/h7-10H,1,11-13H2,2-6H3,(H,20,21)(H,22,25);1H. The second-order valence-corrected chi connectivity index (χ2v) is 7.53. The van der Waals surface area contributed by atoms with Crippen LogP contribution in [0.3, 0.4) is 0 Å². The van der Waals surface area contributed by atoms with E-state index in [-0.39, 0.29) is 47.7 Å². The van der Waals surface area contributed by atoms with Crippen LogP contribution in [-0.2, 0) is 11.3 Å². The smallest absolute Gasteiger partial charge is 0.269 e. The quantitative estimate of drug-likeness (QED) is 0.149. The van der Waals surface area contributed by atoms with Gasteiger partial charge in [-0.3, -0.25) is 14.9 Å². The molecule has 1 aromatic rings. The number of guanidine groups is 1. The number of rotatable bonds is 7. The van der Waals surface area contributed by atoms with Gasteiger partial charge in [-0.05, 0) is 33.3 Å². The van der Waals surface area contributed by atoms with Crippen LogP contribution in [-0.4, -0.2) is 47.4 Å². The molecule has 0 saturated heterocycles. The third-order valence-corrected chi connectivity index (χ3v) is 3.36. The molecule has 0 atom stereocenters. The molecule has 1 amide bonds. The highest BCUT2D eigenvalue weighted by molar-refractivity contribution is 14.0. The molecule has 0 aliphatic rings. The fourth-order valence-corrected chi connectivity index (χ4v) is 2.18. The fraction of sp³-hybridized carbons (Fsp3) is 0.474. The average molecular weight is 503 g/mol. The van der Waals surface area contributed by atoms with Gasteiger partial charge in [0.25, 0.3) is 5.69 Å². The summed E-state index contributed by atoms with van der Waals surface area (Å²) in [5.41, 5.74) is 1.51. The van der Waals surface area contributed by atoms with Crippen molar-refractivity contribution in [3.8, 4) is 0 Å². The number of carbonyl (C=O) groups excluding carboxylic acids is 1. The van der Waals surface area contributed by atoms with E-state index in [1.54, 1.807) is 24.1 Å². The molecular weight excluding hydrogens is 473 g/mol. The maximum Gasteiger partial charge on any atom is 0.269 e. The molecule has 8 nitrogen and oxygen atoms in total. The number of nitro benzene ring substituents is 1. The molecule has 0 aliphatic carbocycles. The van der Waals surface area contributed by atoms with E-state index >= 15 is 0 Å². The molecule has 9 heteroatoms. The van der Waals surface area contributed by atoms with Crippen LogP contribution in [0, 0.1) is 10.1 Å². The molecule has 0 bridgehead atoms. The van der Waals surface area contributed by atoms with Crippen molar-refractivity contribution in [2.24, 2.45) is 4.99 Å². The monoisotopic (exact) mass is 503 g/mol. The number of nitrogens with one attached hydrogen (secondary N) is 2. The molecule has 0 fully saturated rings. The summed E-state index contributed by atoms with van der Waals surface area (Å²) >= 11 is 0. The Morgan fingerprint density at radius 1 is 1.29 bits per heavy atom. The van der Waals surface area contributed by atoms with E-state index in [0.717, 1.165) is 11.1 Å². The van der Waals surface area contributed by atoms with Crippen LogP contribution in [0.15, 0.2) is 41.4 Å². The summed E-state index contributed by atoms with van der Waals surface area (Å²) in [5.74, 6) is 0.450. The molecular formula is C19H30IN5O3. The first-order valence-corrected chi connectivity index (χ1v) is 8.66. The van der Waals surface area contributed by atoms with Crippen molar-refractivity contribution in [2.45, 2.75) is 39.8 Å². The number of hydrogen-bond acceptors (Lipinski definition) is 4. The lowest BCUT2D eigenvalue weighted by Gasteiger charge is -2.25. The number of hydrogen-bond donors (Lipinski definition) is 2. The highest BCUT2D eigenvalue weighted by Crippen LogP contribution is 2.12. The summed E-state index contributed by atoms with van der Waals surface area (Å²) < 4.78 is 0. The van der Waals surface area contributed by atoms with Crippen molar-refractivity contribution >= 4 is 41.5 Å². The van der Waals surface area contributed by atoms with E-state index < -0.39 is 4.92 Å². The highest BCUT2D eigenvalue weighted by atomic mass is 127. The maximum absolute atomic E-state index is 12.2. The number of amides is 1. The molecule has 0 heterocycles. The van der Waals surface area contributed by atoms with Crippen molar-refractivity contribution in [3.63, 3.8) is 0 Å². The van der Waals surface area contributed by atoms with Gasteiger partial charge in [0.1, 0.15) is 0 Å². The molecule has 1 rings (SSSR count). The summed E-state index contributed by atoms with van der Waals surface area (Å²) in [6.45, 7) is 12.5. The van der Waals surface area contributed by atoms with E-state index in [9.17, 15) is 14.9 Å². The molecule has 156 valence electrons. The van der Waals surface area contributed by atoms with Gasteiger partial charge in [0, 0.05) is 31.3 Å². The summed E-state index contributed by atoms with van der Waals surface area (Å²) in [4.78, 5) is 28.7. The van der Waals surface area contributed by atoms with Crippen LogP contribution in [0.2, 0.25) is 0 Å². The van der Waals surface area contributed by atoms with E-state index in [0.29, 0.717) is 19.0 Å². The normalized spacial score (nSPS) is 11.2. The summed E-state index contributed by atoms with van der Waals surface area (Å²) in [6.07, 6.45) is 0. The van der Waals surface area contributed by atoms with Gasteiger partial charge in [0.15, 0.2) is 5.96 Å². The van der Waals surface area contributed by atoms with Crippen LogP contribution >= 0.6 is 24.0 Å². The summed E-state index contributed by atoms with van der Waals surface area (Å²) in [5, 5.41) is 16.8. The molecule has 2 N–H and O–H groups in total. The first-order chi connectivity index (χ1) is 12.5. The Labute approximate surface area is 183 Å². The second-order valence-electron chi connectivity index (χ2n) is 7.53. The van der Waals surface area contributed by atoms with Gasteiger partial charge in [0.05, 0.1) is 18.0 Å². The van der Waals surface area contributed by atoms with Crippen LogP contribution in [0.4, 0.5) is 5.69 Å². The number of halogens is 1. The van der Waals surface area contributed by atoms with Crippen LogP contribution in [0.1, 0.15) is 33.3 Å². The number of benzene rings is 1. The van der Waals surface area contributed by atoms with Crippen molar-refractivity contribution in [3.05, 3.63) is 52.1 Å². The first kappa shape index (κ1) is 25.8. The zero-order valence-electron chi connectivity index (χ0n) is 17.1. The zero-order valence-corrected chi connectivity index (χ0v) is 19.4. The zero-order chi connectivity index (χ0) is 20.6. The Balaban J connectivity index is 0.00000729. The van der Waals surface area contributed by atoms with Crippen LogP contribution in [0.5, 0.6) is 0 Å². The Hall–Kier alpha value is -2.17. The SMILES string of the molecule is C=C(C)CNC(=NCc1ccc([N+](=O)[O-])cc1)N(C)CC(=O)NC(C)(C)C.I. The third-order valence-electron chi connectivity index (χ3n) is 3.36. The molecule has 0 aromatic heterocycles. The van der Waals surface area contributed by atoms with Crippen molar-refractivity contribution < 1.29 is 9.72 Å². The number of likely N-dealkylation sites (N-methyl/N-ethyl adjacent to an activating group) is 1. The predicted octanol–water partition coefficient (Wildman–Crippen LogP) is 3.08. The topological polar surface area (TPSA) is 99.9 Å². The maximum atomic E-state index is 12.2. The van der Waals surface area contributed by atoms with Gasteiger partial charge in [-0.1, -0.05) is 24.3 Å². The Morgan fingerprint density at radius 2 is 1.86 bits per heavy atom. The predicted molar refractivity (Wildman–Crippen MR) is 123 cm³/mol. The molecule has 0 spiro atoms.